The van der Waals surface area contributed by atoms with Crippen molar-refractivity contribution in [2.45, 2.75) is 6.42 Å². The van der Waals surface area contributed by atoms with Crippen LogP contribution >= 0.6 is 15.8 Å². The van der Waals surface area contributed by atoms with E-state index in [9.17, 15) is 4.79 Å². The first-order valence-electron chi connectivity index (χ1n) is 18.2. The summed E-state index contributed by atoms with van der Waals surface area (Å²) in [4.78, 5) is 10.2. The molecule has 0 fully saturated rings. The number of aromatic carboxylic acids is 1. The van der Waals surface area contributed by atoms with Crippen molar-refractivity contribution < 1.29 is 49.0 Å². The van der Waals surface area contributed by atoms with Gasteiger partial charge in [-0.25, -0.2) is 0 Å². The van der Waals surface area contributed by atoms with Crippen molar-refractivity contribution in [2.75, 3.05) is 13.6 Å². The summed E-state index contributed by atoms with van der Waals surface area (Å²) in [5, 5.41) is 16.0. The van der Waals surface area contributed by atoms with Crippen LogP contribution in [0, 0.1) is 19.9 Å². The predicted molar refractivity (Wildman–Crippen MR) is 232 cm³/mol. The Hall–Kier alpha value is -5.28. The maximum absolute atomic E-state index is 10.2. The van der Waals surface area contributed by atoms with Gasteiger partial charge in [0.25, 0.3) is 0 Å². The van der Waals surface area contributed by atoms with Crippen molar-refractivity contribution in [2.24, 2.45) is 0 Å². The molecule has 2 aliphatic heterocycles. The Morgan fingerprint density at radius 2 is 0.877 bits per heavy atom. The largest absolute Gasteiger partial charge is 3.00 e. The summed E-state index contributed by atoms with van der Waals surface area (Å²) in [6, 6.07) is 61.0. The number of hydrogen-bond donors (Lipinski definition) is 1. The van der Waals surface area contributed by atoms with Crippen molar-refractivity contribution in [3.8, 4) is 34.1 Å². The normalized spacial score (nSPS) is 11.8. The van der Waals surface area contributed by atoms with Crippen LogP contribution in [0.2, 0.25) is 0 Å². The van der Waals surface area contributed by atoms with E-state index in [-0.39, 0.29) is 39.3 Å². The molecular formula is C48H41IrO6P2+2. The fourth-order valence-corrected chi connectivity index (χ4v) is 12.2. The summed E-state index contributed by atoms with van der Waals surface area (Å²) in [6.07, 6.45) is 0.750. The Bertz CT molecular complexity index is 2130. The smallest absolute Gasteiger partial charge is 0.521 e. The third kappa shape index (κ3) is 9.48. The molecule has 0 aromatic heterocycles. The van der Waals surface area contributed by atoms with Gasteiger partial charge in [0.15, 0.2) is 23.0 Å². The topological polar surface area (TPSA) is 74.2 Å². The zero-order chi connectivity index (χ0) is 38.7. The van der Waals surface area contributed by atoms with Crippen molar-refractivity contribution in [3.63, 3.8) is 0 Å². The van der Waals surface area contributed by atoms with Crippen LogP contribution in [0.1, 0.15) is 16.8 Å². The Morgan fingerprint density at radius 1 is 0.526 bits per heavy atom. The average Bonchev–Trinajstić information content (AvgIpc) is 3.94. The van der Waals surface area contributed by atoms with Gasteiger partial charge in [-0.15, -0.1) is 30.3 Å². The van der Waals surface area contributed by atoms with E-state index >= 15 is 0 Å². The molecule has 0 amide bonds. The molecule has 0 radical (unpaired) electrons. The van der Waals surface area contributed by atoms with E-state index in [1.165, 1.54) is 37.9 Å². The van der Waals surface area contributed by atoms with Gasteiger partial charge in [0, 0.05) is 0 Å². The molecule has 0 aliphatic carbocycles. The minimum Gasteiger partial charge on any atom is -0.521 e. The number of fused-ring (bicyclic) bond motifs is 2. The molecule has 0 unspecified atom stereocenters. The maximum Gasteiger partial charge on any atom is 3.00 e. The van der Waals surface area contributed by atoms with Crippen LogP contribution in [0.4, 0.5) is 0 Å². The van der Waals surface area contributed by atoms with Gasteiger partial charge in [-0.1, -0.05) is 78.4 Å². The van der Waals surface area contributed by atoms with Crippen LogP contribution in [-0.4, -0.2) is 24.7 Å². The van der Waals surface area contributed by atoms with Crippen molar-refractivity contribution in [1.82, 2.24) is 0 Å². The number of carboxylic acids is 1. The minimum absolute atomic E-state index is 0. The second-order valence-electron chi connectivity index (χ2n) is 12.6. The van der Waals surface area contributed by atoms with E-state index in [1.807, 2.05) is 0 Å². The Balaban J connectivity index is 0.000000367. The van der Waals surface area contributed by atoms with E-state index in [0.29, 0.717) is 0 Å². The molecule has 0 spiro atoms. The zero-order valence-corrected chi connectivity index (χ0v) is 35.4. The van der Waals surface area contributed by atoms with Gasteiger partial charge in [-0.05, 0) is 72.8 Å². The summed E-state index contributed by atoms with van der Waals surface area (Å²) in [5.74, 6) is 2.10. The maximum atomic E-state index is 10.2. The summed E-state index contributed by atoms with van der Waals surface area (Å²) in [6.45, 7) is 7.11. The predicted octanol–water partition coefficient (Wildman–Crippen LogP) is 8.02. The molecular weight excluding hydrogens is 927 g/mol. The van der Waals surface area contributed by atoms with Crippen LogP contribution in [0.15, 0.2) is 170 Å². The van der Waals surface area contributed by atoms with Crippen molar-refractivity contribution in [3.05, 3.63) is 195 Å². The second-order valence-corrected chi connectivity index (χ2v) is 17.5. The van der Waals surface area contributed by atoms with Gasteiger partial charge in [-0.2, -0.15) is 0 Å². The fourth-order valence-electron chi connectivity index (χ4n) is 6.76. The van der Waals surface area contributed by atoms with E-state index in [1.54, 1.807) is 18.2 Å². The molecule has 7 aromatic rings. The van der Waals surface area contributed by atoms with Gasteiger partial charge in [0.05, 0.1) is 27.0 Å². The van der Waals surface area contributed by atoms with E-state index in [4.69, 9.17) is 24.1 Å². The minimum atomic E-state index is -1.48. The van der Waals surface area contributed by atoms with Gasteiger partial charge < -0.3 is 49.1 Å². The molecule has 6 nitrogen and oxygen atoms in total. The molecule has 7 aromatic carbocycles. The van der Waals surface area contributed by atoms with Crippen LogP contribution in [0.3, 0.4) is 0 Å². The van der Waals surface area contributed by atoms with Crippen LogP contribution in [0.5, 0.6) is 23.0 Å². The first kappa shape index (κ1) is 41.4. The molecule has 286 valence electrons. The number of hydrogen-bond acceptors (Lipinski definition) is 5. The molecule has 0 saturated heterocycles. The molecule has 0 bridgehead atoms. The number of carboxylic acid groups (broad SMARTS) is 1. The van der Waals surface area contributed by atoms with Gasteiger partial charge in [0.2, 0.25) is 19.6 Å². The van der Waals surface area contributed by atoms with Gasteiger partial charge in [0.1, 0.15) is 31.8 Å². The van der Waals surface area contributed by atoms with Crippen LogP contribution in [0.25, 0.3) is 11.1 Å². The van der Waals surface area contributed by atoms with E-state index < -0.39 is 21.8 Å². The van der Waals surface area contributed by atoms with E-state index in [2.05, 4.69) is 166 Å². The molecule has 2 heterocycles. The quantitative estimate of drug-likeness (QED) is 0.123. The third-order valence-electron chi connectivity index (χ3n) is 9.06. The monoisotopic (exact) mass is 968 g/mol. The summed E-state index contributed by atoms with van der Waals surface area (Å²) in [7, 11) is -2.96. The first-order valence-corrected chi connectivity index (χ1v) is 21.2. The molecule has 9 rings (SSSR count). The standard InChI is InChI=1S/C38H28O4P2.C7H5O2.C3H6.Ir/c1-5-13-27(14-6-1)43(28-15-7-2-8-16-28)33-23-21-31-37(41-25-39-31)35(33)36-34(24-22-32-38(36)42-26-40-32)44(29-17-9-3-10-18-29)30-19-11-4-12-20-30;8-7(9)6-4-2-1-3-5-6;1-3-2;/h1-24H,25-26H2;1-4H,(H,8,9);1-3H2;/q;-1;-2;+3/p+2. The number of rotatable bonds is 8. The summed E-state index contributed by atoms with van der Waals surface area (Å²) < 4.78 is 24.8. The summed E-state index contributed by atoms with van der Waals surface area (Å²) >= 11 is 0. The molecule has 1 N–H and O–H groups in total. The van der Waals surface area contributed by atoms with Crippen LogP contribution in [-0.2, 0) is 20.1 Å². The Morgan fingerprint density at radius 3 is 1.18 bits per heavy atom. The Labute approximate surface area is 350 Å². The molecule has 0 saturated carbocycles. The first-order chi connectivity index (χ1) is 27.6. The molecule has 2 aliphatic rings. The average molecular weight is 968 g/mol. The number of ether oxygens (including phenoxy) is 4. The number of carbonyl (C=O) groups is 1. The van der Waals surface area contributed by atoms with Crippen molar-refractivity contribution in [1.29, 1.82) is 0 Å². The zero-order valence-electron chi connectivity index (χ0n) is 31.0. The fraction of sp³-hybridized carbons (Fsp3) is 0.0625. The molecule has 9 heteroatoms. The molecule has 57 heavy (non-hydrogen) atoms. The second kappa shape index (κ2) is 20.2. The number of benzene rings is 7. The Kier molecular flexibility index (Phi) is 14.7. The molecule has 0 atom stereocenters. The van der Waals surface area contributed by atoms with Gasteiger partial charge in [-0.3, -0.25) is 0 Å². The van der Waals surface area contributed by atoms with E-state index in [0.717, 1.165) is 40.5 Å². The van der Waals surface area contributed by atoms with Crippen LogP contribution < -0.4 is 50.8 Å². The third-order valence-corrected chi connectivity index (χ3v) is 14.6. The van der Waals surface area contributed by atoms with Gasteiger partial charge >= 0.3 is 20.1 Å². The SMILES string of the molecule is O=C(O)c1[c-]cccc1.[CH2-]C[CH2-].[Ir+3].c1ccc([PH+](c2ccccc2)c2ccc3c(c2-c2c([PH+](c4ccccc4)c4ccccc4)ccc4c2OCO4)OCO3)cc1. The summed E-state index contributed by atoms with van der Waals surface area (Å²) in [5.41, 5.74) is 2.28. The van der Waals surface area contributed by atoms with Crippen molar-refractivity contribution >= 4 is 53.6 Å².